The highest BCUT2D eigenvalue weighted by atomic mass is 16.7. The summed E-state index contributed by atoms with van der Waals surface area (Å²) in [4.78, 5) is 26.2. The second-order valence-corrected chi connectivity index (χ2v) is 19.6. The highest BCUT2D eigenvalue weighted by Gasteiger charge is 2.65. The first-order valence-corrected chi connectivity index (χ1v) is 21.7. The number of phenols is 1. The Balaban J connectivity index is 1.20. The number of aliphatic carboxylic acids is 1. The molecule has 1 aromatic rings. The van der Waals surface area contributed by atoms with Gasteiger partial charge in [0, 0.05) is 44.3 Å². The number of phenolic OH excluding ortho intramolecular Hbond substituents is 1. The van der Waals surface area contributed by atoms with Gasteiger partial charge in [-0.2, -0.15) is 0 Å². The Morgan fingerprint density at radius 2 is 1.70 bits per heavy atom. The Morgan fingerprint density at radius 3 is 2.30 bits per heavy atom. The number of aliphatic hydroxyl groups is 3. The van der Waals surface area contributed by atoms with Crippen molar-refractivity contribution >= 4 is 11.9 Å². The van der Waals surface area contributed by atoms with Crippen molar-refractivity contribution in [2.45, 2.75) is 197 Å². The topological polar surface area (TPSA) is 209 Å². The molecule has 0 saturated carbocycles. The summed E-state index contributed by atoms with van der Waals surface area (Å²) in [5.74, 6) is -5.40. The van der Waals surface area contributed by atoms with Gasteiger partial charge in [0.05, 0.1) is 67.1 Å². The molecule has 60 heavy (non-hydrogen) atoms. The summed E-state index contributed by atoms with van der Waals surface area (Å²) < 4.78 is 51.4. The van der Waals surface area contributed by atoms with Gasteiger partial charge in [0.25, 0.3) is 0 Å². The number of hydrogen-bond acceptors (Lipinski definition) is 14. The molecule has 5 N–H and O–H groups in total. The van der Waals surface area contributed by atoms with Gasteiger partial charge in [-0.05, 0) is 83.8 Å². The van der Waals surface area contributed by atoms with Crippen LogP contribution in [0.5, 0.6) is 11.5 Å². The number of carbonyl (C=O) groups is 2. The average Bonchev–Trinajstić information content (AvgIpc) is 3.93. The standard InChI is InChI=1S/C45H70O15/c1-13-31(48)42(8)20-24(4)35(58-42)30-17-23(3)37(55-30)44(10)33(54-12)19-32(57-44)41(7)14-15-45(60-41)21-29(47)25(5)36(59-45)26(6)38(43(9,52)40(50)51)56-39(49)34-22(2)16-27(53-11)18-28(34)46/h16,18,23-26,29-33,35-38,46-48,52H,13-15,17,19-21H2,1-12H3,(H,50,51)/t23-,24-,25+,26-,29-,30+,31+,32+,33-,35-,36-,37+,38-,41-,42-,43-,44-,45+/m0/s1. The van der Waals surface area contributed by atoms with E-state index in [4.69, 9.17) is 37.9 Å². The van der Waals surface area contributed by atoms with Crippen LogP contribution in [-0.4, -0.2) is 135 Å². The van der Waals surface area contributed by atoms with E-state index in [1.807, 2.05) is 27.7 Å². The first-order chi connectivity index (χ1) is 27.9. The highest BCUT2D eigenvalue weighted by molar-refractivity contribution is 5.95. The number of ether oxygens (including phenoxy) is 8. The lowest BCUT2D eigenvalue weighted by Gasteiger charge is -2.49. The monoisotopic (exact) mass is 850 g/mol. The number of aryl methyl sites for hydroxylation is 1. The molecule has 5 aliphatic heterocycles. The Bertz CT molecular complexity index is 1710. The number of carboxylic acid groups (broad SMARTS) is 1. The van der Waals surface area contributed by atoms with Crippen molar-refractivity contribution < 1.29 is 73.0 Å². The van der Waals surface area contributed by atoms with Crippen LogP contribution in [0.3, 0.4) is 0 Å². The molecule has 0 radical (unpaired) electrons. The minimum Gasteiger partial charge on any atom is -0.507 e. The Hall–Kier alpha value is -2.60. The van der Waals surface area contributed by atoms with E-state index in [1.54, 1.807) is 27.9 Å². The first-order valence-electron chi connectivity index (χ1n) is 21.7. The van der Waals surface area contributed by atoms with Crippen LogP contribution >= 0.6 is 0 Å². The molecule has 5 heterocycles. The zero-order valence-electron chi connectivity index (χ0n) is 37.4. The lowest BCUT2D eigenvalue weighted by molar-refractivity contribution is -0.336. The maximum Gasteiger partial charge on any atom is 0.342 e. The van der Waals surface area contributed by atoms with E-state index < -0.39 is 88.2 Å². The van der Waals surface area contributed by atoms with Gasteiger partial charge in [-0.25, -0.2) is 9.59 Å². The predicted molar refractivity (Wildman–Crippen MR) is 217 cm³/mol. The van der Waals surface area contributed by atoms with Crippen molar-refractivity contribution in [3.8, 4) is 11.5 Å². The third-order valence-corrected chi connectivity index (χ3v) is 15.0. The van der Waals surface area contributed by atoms with Gasteiger partial charge in [0.2, 0.25) is 0 Å². The molecule has 5 fully saturated rings. The van der Waals surface area contributed by atoms with E-state index in [9.17, 15) is 35.1 Å². The van der Waals surface area contributed by atoms with Crippen molar-refractivity contribution in [2.24, 2.45) is 23.7 Å². The van der Waals surface area contributed by atoms with Crippen LogP contribution in [0.2, 0.25) is 0 Å². The fraction of sp³-hybridized carbons (Fsp3) is 0.822. The number of aromatic hydroxyl groups is 1. The summed E-state index contributed by atoms with van der Waals surface area (Å²) in [5.41, 5.74) is -4.87. The van der Waals surface area contributed by atoms with Crippen molar-refractivity contribution in [1.82, 2.24) is 0 Å². The molecule has 0 aliphatic carbocycles. The van der Waals surface area contributed by atoms with E-state index in [-0.39, 0.29) is 48.2 Å². The highest BCUT2D eigenvalue weighted by Crippen LogP contribution is 2.55. The zero-order valence-corrected chi connectivity index (χ0v) is 37.4. The maximum absolute atomic E-state index is 13.7. The van der Waals surface area contributed by atoms with E-state index >= 15 is 0 Å². The van der Waals surface area contributed by atoms with Crippen LogP contribution in [0.15, 0.2) is 12.1 Å². The van der Waals surface area contributed by atoms with Gasteiger partial charge < -0.3 is 63.4 Å². The van der Waals surface area contributed by atoms with Gasteiger partial charge in [-0.3, -0.25) is 0 Å². The van der Waals surface area contributed by atoms with Crippen LogP contribution in [0.1, 0.15) is 123 Å². The van der Waals surface area contributed by atoms with Crippen molar-refractivity contribution in [3.05, 3.63) is 23.3 Å². The Labute approximate surface area is 354 Å². The first kappa shape index (κ1) is 46.9. The lowest BCUT2D eigenvalue weighted by Crippen LogP contribution is -2.60. The number of carboxylic acids is 1. The molecule has 0 unspecified atom stereocenters. The van der Waals surface area contributed by atoms with Gasteiger partial charge in [-0.15, -0.1) is 0 Å². The Kier molecular flexibility index (Phi) is 13.2. The number of rotatable bonds is 13. The lowest BCUT2D eigenvalue weighted by atomic mass is 9.77. The number of aliphatic hydroxyl groups excluding tert-OH is 2. The average molecular weight is 851 g/mol. The third-order valence-electron chi connectivity index (χ3n) is 15.0. The summed E-state index contributed by atoms with van der Waals surface area (Å²) in [5, 5.41) is 54.7. The van der Waals surface area contributed by atoms with Gasteiger partial charge in [0.15, 0.2) is 11.4 Å². The molecule has 18 atom stereocenters. The normalized spacial score (nSPS) is 43.1. The zero-order chi connectivity index (χ0) is 44.5. The maximum atomic E-state index is 13.7. The van der Waals surface area contributed by atoms with E-state index in [1.165, 1.54) is 19.2 Å². The molecule has 0 amide bonds. The molecule has 340 valence electrons. The fourth-order valence-electron chi connectivity index (χ4n) is 11.4. The van der Waals surface area contributed by atoms with Crippen LogP contribution < -0.4 is 4.74 Å². The summed E-state index contributed by atoms with van der Waals surface area (Å²) in [6.07, 6.45) is -2.00. The van der Waals surface area contributed by atoms with Gasteiger partial charge in [-0.1, -0.05) is 34.6 Å². The second kappa shape index (κ2) is 16.8. The molecule has 1 spiro atoms. The van der Waals surface area contributed by atoms with Crippen molar-refractivity contribution in [3.63, 3.8) is 0 Å². The van der Waals surface area contributed by atoms with Crippen LogP contribution in [0.25, 0.3) is 0 Å². The number of carbonyl (C=O) groups excluding carboxylic acids is 1. The molecular weight excluding hydrogens is 780 g/mol. The van der Waals surface area contributed by atoms with Crippen LogP contribution in [0.4, 0.5) is 0 Å². The SMILES string of the molecule is CC[C@@H](O)[C@]1(C)C[C@H](C)[C@@H]([C@H]2C[C@H](C)[C@H]([C@@]3(C)O[C@@H]([C@]4(C)CC[C@]5(C[C@H](O)[C@@H](C)[C@@H]([C@H](C)[C@H](OC(=O)c6c(C)cc(OC)cc6O)[C@](C)(O)C(=O)O)O5)O4)C[C@@H]3OC)O2)O1. The fourth-order valence-corrected chi connectivity index (χ4v) is 11.4. The largest absolute Gasteiger partial charge is 0.507 e. The van der Waals surface area contributed by atoms with Gasteiger partial charge >= 0.3 is 11.9 Å². The molecular formula is C45H70O15. The second-order valence-electron chi connectivity index (χ2n) is 19.6. The van der Waals surface area contributed by atoms with Crippen molar-refractivity contribution in [2.75, 3.05) is 14.2 Å². The molecule has 5 saturated heterocycles. The minimum absolute atomic E-state index is 0.113. The summed E-state index contributed by atoms with van der Waals surface area (Å²) in [7, 11) is 3.08. The third kappa shape index (κ3) is 8.20. The Morgan fingerprint density at radius 1 is 1.02 bits per heavy atom. The van der Waals surface area contributed by atoms with Crippen molar-refractivity contribution in [1.29, 1.82) is 0 Å². The quantitative estimate of drug-likeness (QED) is 0.164. The smallest absolute Gasteiger partial charge is 0.342 e. The molecule has 6 rings (SSSR count). The molecule has 0 bridgehead atoms. The van der Waals surface area contributed by atoms with E-state index in [2.05, 4.69) is 13.8 Å². The summed E-state index contributed by atoms with van der Waals surface area (Å²) >= 11 is 0. The number of methoxy groups -OCH3 is 2. The predicted octanol–water partition coefficient (Wildman–Crippen LogP) is 5.07. The molecule has 5 aliphatic rings. The molecule has 1 aromatic carbocycles. The molecule has 15 nitrogen and oxygen atoms in total. The summed E-state index contributed by atoms with van der Waals surface area (Å²) in [6.45, 7) is 18.2. The van der Waals surface area contributed by atoms with Crippen LogP contribution in [0, 0.1) is 30.6 Å². The number of esters is 1. The van der Waals surface area contributed by atoms with E-state index in [0.717, 1.165) is 19.8 Å². The number of benzene rings is 1. The molecule has 0 aromatic heterocycles. The van der Waals surface area contributed by atoms with Crippen LogP contribution in [-0.2, 0) is 38.0 Å². The number of hydrogen-bond donors (Lipinski definition) is 5. The van der Waals surface area contributed by atoms with Gasteiger partial charge in [0.1, 0.15) is 28.8 Å². The molecule has 15 heteroatoms. The summed E-state index contributed by atoms with van der Waals surface area (Å²) in [6, 6.07) is 2.76. The van der Waals surface area contributed by atoms with E-state index in [0.29, 0.717) is 37.0 Å². The minimum atomic E-state index is -2.59.